The van der Waals surface area contributed by atoms with Crippen molar-refractivity contribution in [3.8, 4) is 0 Å². The Morgan fingerprint density at radius 3 is 2.37 bits per heavy atom. The topological polar surface area (TPSA) is 70.1 Å². The van der Waals surface area contributed by atoms with Crippen LogP contribution >= 0.6 is 0 Å². The lowest BCUT2D eigenvalue weighted by Crippen LogP contribution is -2.51. The van der Waals surface area contributed by atoms with Crippen molar-refractivity contribution in [2.24, 2.45) is 0 Å². The largest absolute Gasteiger partial charge is 0.480 e. The van der Waals surface area contributed by atoms with E-state index < -0.39 is 5.97 Å². The Labute approximate surface area is 113 Å². The van der Waals surface area contributed by atoms with Gasteiger partial charge in [0.05, 0.1) is 6.10 Å². The quantitative estimate of drug-likeness (QED) is 0.832. The van der Waals surface area contributed by atoms with E-state index in [-0.39, 0.29) is 18.7 Å². The van der Waals surface area contributed by atoms with Gasteiger partial charge in [0.25, 0.3) is 0 Å². The summed E-state index contributed by atoms with van der Waals surface area (Å²) in [7, 11) is 1.87. The van der Waals surface area contributed by atoms with Gasteiger partial charge in [-0.2, -0.15) is 0 Å². The minimum atomic E-state index is -0.941. The van der Waals surface area contributed by atoms with Gasteiger partial charge in [0, 0.05) is 26.2 Å². The van der Waals surface area contributed by atoms with Crippen molar-refractivity contribution < 1.29 is 19.4 Å². The molecule has 0 aromatic heterocycles. The first-order valence-corrected chi connectivity index (χ1v) is 6.93. The molecule has 0 spiro atoms. The van der Waals surface area contributed by atoms with Gasteiger partial charge in [0.15, 0.2) is 0 Å². The monoisotopic (exact) mass is 270 g/mol. The second-order valence-corrected chi connectivity index (χ2v) is 5.37. The third-order valence-corrected chi connectivity index (χ3v) is 4.08. The second-order valence-electron chi connectivity index (χ2n) is 5.37. The zero-order valence-electron chi connectivity index (χ0n) is 11.4. The smallest absolute Gasteiger partial charge is 0.329 e. The van der Waals surface area contributed by atoms with Gasteiger partial charge in [0.1, 0.15) is 6.61 Å². The lowest BCUT2D eigenvalue weighted by Gasteiger charge is -2.40. The van der Waals surface area contributed by atoms with E-state index in [9.17, 15) is 9.59 Å². The van der Waals surface area contributed by atoms with E-state index in [0.717, 1.165) is 25.7 Å². The van der Waals surface area contributed by atoms with Crippen LogP contribution in [0.5, 0.6) is 0 Å². The minimum Gasteiger partial charge on any atom is -0.480 e. The van der Waals surface area contributed by atoms with Gasteiger partial charge in [-0.1, -0.05) is 0 Å². The van der Waals surface area contributed by atoms with Crippen molar-refractivity contribution in [3.05, 3.63) is 0 Å². The molecule has 0 unspecified atom stereocenters. The molecule has 2 aliphatic rings. The van der Waals surface area contributed by atoms with Crippen molar-refractivity contribution in [2.45, 2.75) is 44.2 Å². The van der Waals surface area contributed by atoms with Crippen LogP contribution in [-0.4, -0.2) is 65.8 Å². The molecule has 6 nitrogen and oxygen atoms in total. The van der Waals surface area contributed by atoms with Crippen LogP contribution in [0, 0.1) is 0 Å². The van der Waals surface area contributed by atoms with E-state index in [1.807, 2.05) is 16.8 Å². The molecule has 1 saturated heterocycles. The van der Waals surface area contributed by atoms with Crippen LogP contribution in [-0.2, 0) is 9.53 Å². The molecule has 0 aromatic carbocycles. The van der Waals surface area contributed by atoms with Gasteiger partial charge in [0.2, 0.25) is 0 Å². The average Bonchev–Trinajstić information content (AvgIpc) is 2.34. The number of carbonyl (C=O) groups excluding carboxylic acids is 1. The lowest BCUT2D eigenvalue weighted by atomic mass is 9.92. The Balaban J connectivity index is 1.72. The Morgan fingerprint density at radius 2 is 1.89 bits per heavy atom. The van der Waals surface area contributed by atoms with Crippen molar-refractivity contribution in [2.75, 3.05) is 26.7 Å². The van der Waals surface area contributed by atoms with E-state index >= 15 is 0 Å². The molecule has 0 bridgehead atoms. The predicted octanol–water partition coefficient (Wildman–Crippen LogP) is 1.16. The molecule has 19 heavy (non-hydrogen) atoms. The third-order valence-electron chi connectivity index (χ3n) is 4.08. The summed E-state index contributed by atoms with van der Waals surface area (Å²) in [5.74, 6) is -0.941. The summed E-state index contributed by atoms with van der Waals surface area (Å²) in [5, 5.41) is 8.56. The Bertz CT molecular complexity index is 336. The summed E-state index contributed by atoms with van der Waals surface area (Å²) in [6.45, 7) is 1.06. The summed E-state index contributed by atoms with van der Waals surface area (Å²) in [6, 6.07) is 0.509. The Kier molecular flexibility index (Phi) is 4.63. The summed E-state index contributed by atoms with van der Waals surface area (Å²) in [5.41, 5.74) is 0. The number of hydrogen-bond acceptors (Lipinski definition) is 3. The molecule has 2 rings (SSSR count). The molecule has 6 heteroatoms. The number of rotatable bonds is 4. The summed E-state index contributed by atoms with van der Waals surface area (Å²) >= 11 is 0. The first-order chi connectivity index (χ1) is 9.08. The van der Waals surface area contributed by atoms with Gasteiger partial charge >= 0.3 is 12.0 Å². The number of urea groups is 1. The maximum Gasteiger partial charge on any atom is 0.329 e. The van der Waals surface area contributed by atoms with E-state index in [2.05, 4.69) is 0 Å². The molecule has 1 saturated carbocycles. The van der Waals surface area contributed by atoms with Crippen LogP contribution in [0.15, 0.2) is 0 Å². The fraction of sp³-hybridized carbons (Fsp3) is 0.846. The van der Waals surface area contributed by atoms with Crippen LogP contribution in [0.2, 0.25) is 0 Å². The van der Waals surface area contributed by atoms with Crippen LogP contribution < -0.4 is 0 Å². The highest BCUT2D eigenvalue weighted by molar-refractivity contribution is 5.74. The highest BCUT2D eigenvalue weighted by Gasteiger charge is 2.31. The highest BCUT2D eigenvalue weighted by atomic mass is 16.5. The van der Waals surface area contributed by atoms with Gasteiger partial charge in [-0.3, -0.25) is 0 Å². The predicted molar refractivity (Wildman–Crippen MR) is 69.0 cm³/mol. The molecular formula is C13H22N2O4. The molecule has 0 atom stereocenters. The minimum absolute atomic E-state index is 0.0332. The molecule has 0 aromatic rings. The number of carbonyl (C=O) groups is 2. The number of aliphatic carboxylic acids is 1. The first kappa shape index (κ1) is 14.1. The van der Waals surface area contributed by atoms with Crippen LogP contribution in [0.1, 0.15) is 32.1 Å². The number of piperidine rings is 1. The molecule has 2 fully saturated rings. The standard InChI is InChI=1S/C13H22N2O4/c1-14(10-3-2-4-10)13(18)15-7-5-11(6-8-15)19-9-12(16)17/h10-11H,2-9H2,1H3,(H,16,17). The normalized spacial score (nSPS) is 21.0. The maximum atomic E-state index is 12.2. The van der Waals surface area contributed by atoms with Gasteiger partial charge < -0.3 is 19.6 Å². The van der Waals surface area contributed by atoms with E-state index in [4.69, 9.17) is 9.84 Å². The fourth-order valence-corrected chi connectivity index (χ4v) is 2.56. The molecule has 0 radical (unpaired) electrons. The van der Waals surface area contributed by atoms with Crippen molar-refractivity contribution in [3.63, 3.8) is 0 Å². The van der Waals surface area contributed by atoms with Crippen LogP contribution in [0.3, 0.4) is 0 Å². The lowest BCUT2D eigenvalue weighted by molar-refractivity contribution is -0.145. The molecular weight excluding hydrogens is 248 g/mol. The van der Waals surface area contributed by atoms with Crippen molar-refractivity contribution in [1.82, 2.24) is 9.80 Å². The van der Waals surface area contributed by atoms with E-state index in [1.165, 1.54) is 6.42 Å². The SMILES string of the molecule is CN(C(=O)N1CCC(OCC(=O)O)CC1)C1CCC1. The number of carboxylic acid groups (broad SMARTS) is 1. The molecule has 1 aliphatic carbocycles. The fourth-order valence-electron chi connectivity index (χ4n) is 2.56. The highest BCUT2D eigenvalue weighted by Crippen LogP contribution is 2.25. The maximum absolute atomic E-state index is 12.2. The van der Waals surface area contributed by atoms with Gasteiger partial charge in [-0.05, 0) is 32.1 Å². The summed E-state index contributed by atoms with van der Waals surface area (Å²) in [4.78, 5) is 26.3. The first-order valence-electron chi connectivity index (χ1n) is 6.93. The Morgan fingerprint density at radius 1 is 1.26 bits per heavy atom. The van der Waals surface area contributed by atoms with Crippen LogP contribution in [0.4, 0.5) is 4.79 Å². The molecule has 1 heterocycles. The van der Waals surface area contributed by atoms with Gasteiger partial charge in [-0.25, -0.2) is 9.59 Å². The number of nitrogens with zero attached hydrogens (tertiary/aromatic N) is 2. The number of carboxylic acids is 1. The molecule has 2 amide bonds. The zero-order chi connectivity index (χ0) is 13.8. The van der Waals surface area contributed by atoms with Crippen molar-refractivity contribution in [1.29, 1.82) is 0 Å². The number of hydrogen-bond donors (Lipinski definition) is 1. The number of likely N-dealkylation sites (tertiary alicyclic amines) is 1. The summed E-state index contributed by atoms with van der Waals surface area (Å²) < 4.78 is 5.26. The second kappa shape index (κ2) is 6.23. The van der Waals surface area contributed by atoms with Crippen molar-refractivity contribution >= 4 is 12.0 Å². The Hall–Kier alpha value is -1.30. The zero-order valence-corrected chi connectivity index (χ0v) is 11.4. The average molecular weight is 270 g/mol. The van der Waals surface area contributed by atoms with Crippen LogP contribution in [0.25, 0.3) is 0 Å². The summed E-state index contributed by atoms with van der Waals surface area (Å²) in [6.07, 6.45) is 4.85. The molecule has 1 aliphatic heterocycles. The number of amides is 2. The van der Waals surface area contributed by atoms with Gasteiger partial charge in [-0.15, -0.1) is 0 Å². The molecule has 108 valence electrons. The molecule has 1 N–H and O–H groups in total. The third kappa shape index (κ3) is 3.59. The number of ether oxygens (including phenoxy) is 1. The van der Waals surface area contributed by atoms with E-state index in [0.29, 0.717) is 19.1 Å². The van der Waals surface area contributed by atoms with E-state index in [1.54, 1.807) is 0 Å².